The second-order valence-electron chi connectivity index (χ2n) is 11.7. The van der Waals surface area contributed by atoms with E-state index in [1.54, 1.807) is 43.6 Å². The maximum absolute atomic E-state index is 4.53. The summed E-state index contributed by atoms with van der Waals surface area (Å²) in [6.07, 6.45) is 15.1. The third-order valence-corrected chi connectivity index (χ3v) is 11.1. The van der Waals surface area contributed by atoms with Crippen molar-refractivity contribution in [1.29, 1.82) is 0 Å². The van der Waals surface area contributed by atoms with Crippen molar-refractivity contribution in [1.82, 2.24) is 4.37 Å². The van der Waals surface area contributed by atoms with Crippen LogP contribution in [0.25, 0.3) is 0 Å². The van der Waals surface area contributed by atoms with Crippen LogP contribution in [0.5, 0.6) is 0 Å². The van der Waals surface area contributed by atoms with E-state index in [0.29, 0.717) is 5.41 Å². The van der Waals surface area contributed by atoms with Crippen LogP contribution in [-0.4, -0.2) is 4.37 Å². The smallest absolute Gasteiger partial charge is 0.0514 e. The Morgan fingerprint density at radius 3 is 2.68 bits per heavy atom. The van der Waals surface area contributed by atoms with Crippen molar-refractivity contribution < 1.29 is 0 Å². The van der Waals surface area contributed by atoms with Gasteiger partial charge in [-0.3, -0.25) is 0 Å². The van der Waals surface area contributed by atoms with Crippen molar-refractivity contribution in [2.24, 2.45) is 52.8 Å². The summed E-state index contributed by atoms with van der Waals surface area (Å²) in [6, 6.07) is 2.33. The fourth-order valence-electron chi connectivity index (χ4n) is 9.04. The summed E-state index contributed by atoms with van der Waals surface area (Å²) in [4.78, 5) is 1.52. The first-order valence-corrected chi connectivity index (χ1v) is 13.1. The fourth-order valence-corrected chi connectivity index (χ4v) is 9.91. The summed E-state index contributed by atoms with van der Waals surface area (Å²) in [5.74, 6) is 8.11. The summed E-state index contributed by atoms with van der Waals surface area (Å²) in [6.45, 7) is 9.92. The molecule has 4 aliphatic rings. The van der Waals surface area contributed by atoms with Crippen molar-refractivity contribution in [3.05, 3.63) is 16.6 Å². The number of aromatic nitrogens is 1. The van der Waals surface area contributed by atoms with Gasteiger partial charge < -0.3 is 0 Å². The molecule has 0 aromatic carbocycles. The van der Waals surface area contributed by atoms with E-state index in [2.05, 4.69) is 38.1 Å². The quantitative estimate of drug-likeness (QED) is 0.511. The van der Waals surface area contributed by atoms with Crippen LogP contribution >= 0.6 is 11.5 Å². The topological polar surface area (TPSA) is 12.9 Å². The predicted molar refractivity (Wildman–Crippen MR) is 119 cm³/mol. The van der Waals surface area contributed by atoms with E-state index in [0.717, 1.165) is 47.3 Å². The van der Waals surface area contributed by atoms with E-state index in [1.807, 2.05) is 0 Å². The zero-order chi connectivity index (χ0) is 19.5. The number of nitrogens with zero attached hydrogens (tertiary/aromatic N) is 1. The molecule has 1 nitrogen and oxygen atoms in total. The highest BCUT2D eigenvalue weighted by atomic mass is 32.1. The molecule has 4 aliphatic carbocycles. The molecule has 1 aromatic rings. The minimum atomic E-state index is 0.620. The monoisotopic (exact) mass is 399 g/mol. The van der Waals surface area contributed by atoms with Gasteiger partial charge in [-0.1, -0.05) is 27.2 Å². The molecule has 3 unspecified atom stereocenters. The largest absolute Gasteiger partial charge is 0.198 e. The first kappa shape index (κ1) is 19.6. The summed E-state index contributed by atoms with van der Waals surface area (Å²) < 4.78 is 4.53. The number of rotatable bonds is 3. The van der Waals surface area contributed by atoms with Crippen molar-refractivity contribution in [3.63, 3.8) is 0 Å². The number of hydrogen-bond acceptors (Lipinski definition) is 2. The highest BCUT2D eigenvalue weighted by molar-refractivity contribution is 7.05. The van der Waals surface area contributed by atoms with Crippen LogP contribution in [0.1, 0.15) is 89.1 Å². The molecule has 0 amide bonds. The van der Waals surface area contributed by atoms with Gasteiger partial charge in [0.15, 0.2) is 0 Å². The van der Waals surface area contributed by atoms with E-state index < -0.39 is 0 Å². The number of aryl methyl sites for hydroxylation is 1. The van der Waals surface area contributed by atoms with Crippen molar-refractivity contribution in [2.75, 3.05) is 0 Å². The van der Waals surface area contributed by atoms with Crippen LogP contribution in [0, 0.1) is 59.7 Å². The molecular formula is C26H41NS. The molecule has 0 radical (unpaired) electrons. The Morgan fingerprint density at radius 1 is 1.07 bits per heavy atom. The molecular weight excluding hydrogens is 358 g/mol. The molecule has 156 valence electrons. The predicted octanol–water partition coefficient (Wildman–Crippen LogP) is 7.54. The van der Waals surface area contributed by atoms with E-state index >= 15 is 0 Å². The highest BCUT2D eigenvalue weighted by Gasteiger charge is 2.57. The Balaban J connectivity index is 1.31. The lowest BCUT2D eigenvalue weighted by Gasteiger charge is -2.56. The lowest BCUT2D eigenvalue weighted by atomic mass is 9.48. The first-order chi connectivity index (χ1) is 13.5. The SMILES string of the molecule is Cc1cc(C[C@H](C)C2CCC3[C@@H]4CC[C@@H]5C[C@@H](C)CC[C@@H]5C4CC[C@@]32C)sn1. The van der Waals surface area contributed by atoms with Gasteiger partial charge in [-0.15, -0.1) is 0 Å². The van der Waals surface area contributed by atoms with Crippen LogP contribution in [0.4, 0.5) is 0 Å². The summed E-state index contributed by atoms with van der Waals surface area (Å²) in [5.41, 5.74) is 1.83. The molecule has 28 heavy (non-hydrogen) atoms. The zero-order valence-corrected chi connectivity index (χ0v) is 19.4. The maximum atomic E-state index is 4.53. The normalized spacial score (nSPS) is 46.5. The maximum Gasteiger partial charge on any atom is 0.0514 e. The first-order valence-electron chi connectivity index (χ1n) is 12.4. The minimum absolute atomic E-state index is 0.620. The van der Waals surface area contributed by atoms with Crippen LogP contribution in [0.15, 0.2) is 6.07 Å². The molecule has 4 fully saturated rings. The Bertz CT molecular complexity index is 694. The van der Waals surface area contributed by atoms with Crippen LogP contribution < -0.4 is 0 Å². The third kappa shape index (κ3) is 3.21. The van der Waals surface area contributed by atoms with Gasteiger partial charge >= 0.3 is 0 Å². The summed E-state index contributed by atoms with van der Waals surface area (Å²) >= 11 is 1.75. The highest BCUT2D eigenvalue weighted by Crippen LogP contribution is 2.65. The van der Waals surface area contributed by atoms with Gasteiger partial charge in [0.25, 0.3) is 0 Å². The molecule has 1 heterocycles. The Labute approximate surface area is 177 Å². The van der Waals surface area contributed by atoms with Gasteiger partial charge in [-0.2, -0.15) is 4.37 Å². The molecule has 1 aromatic heterocycles. The molecule has 4 saturated carbocycles. The molecule has 0 saturated heterocycles. The molecule has 9 atom stereocenters. The van der Waals surface area contributed by atoms with Gasteiger partial charge in [0.1, 0.15) is 0 Å². The molecule has 0 N–H and O–H groups in total. The van der Waals surface area contributed by atoms with Gasteiger partial charge in [0, 0.05) is 4.88 Å². The molecule has 5 rings (SSSR count). The fraction of sp³-hybridized carbons (Fsp3) is 0.885. The van der Waals surface area contributed by atoms with E-state index in [-0.39, 0.29) is 0 Å². The van der Waals surface area contributed by atoms with Crippen molar-refractivity contribution in [3.8, 4) is 0 Å². The minimum Gasteiger partial charge on any atom is -0.198 e. The average molecular weight is 400 g/mol. The Hall–Kier alpha value is -0.370. The Morgan fingerprint density at radius 2 is 1.89 bits per heavy atom. The van der Waals surface area contributed by atoms with E-state index in [9.17, 15) is 0 Å². The zero-order valence-electron chi connectivity index (χ0n) is 18.6. The van der Waals surface area contributed by atoms with Crippen molar-refractivity contribution in [2.45, 2.75) is 91.9 Å². The van der Waals surface area contributed by atoms with Gasteiger partial charge in [0.05, 0.1) is 5.69 Å². The van der Waals surface area contributed by atoms with Crippen LogP contribution in [-0.2, 0) is 6.42 Å². The molecule has 2 heteroatoms. The third-order valence-electron chi connectivity index (χ3n) is 10.2. The summed E-state index contributed by atoms with van der Waals surface area (Å²) in [7, 11) is 0. The van der Waals surface area contributed by atoms with Gasteiger partial charge in [-0.05, 0) is 135 Å². The Kier molecular flexibility index (Phi) is 5.17. The van der Waals surface area contributed by atoms with Crippen LogP contribution in [0.2, 0.25) is 0 Å². The molecule has 0 aliphatic heterocycles. The second kappa shape index (κ2) is 7.40. The summed E-state index contributed by atoms with van der Waals surface area (Å²) in [5, 5.41) is 0. The van der Waals surface area contributed by atoms with E-state index in [4.69, 9.17) is 0 Å². The van der Waals surface area contributed by atoms with Gasteiger partial charge in [-0.25, -0.2) is 0 Å². The molecule has 0 spiro atoms. The standard InChI is InChI=1S/C26H41NS/c1-16-5-7-21-19(13-16)6-8-23-22(21)11-12-26(4)24(9-10-25(23)26)17(2)14-20-15-18(3)27-28-20/h15-17,19,21-25H,5-14H2,1-4H3/t16-,17-,19+,21-,22?,23+,24?,25?,26+/m0/s1. The van der Waals surface area contributed by atoms with Crippen LogP contribution in [0.3, 0.4) is 0 Å². The lowest BCUT2D eigenvalue weighted by molar-refractivity contribution is -0.0727. The lowest BCUT2D eigenvalue weighted by Crippen LogP contribution is -2.49. The molecule has 0 bridgehead atoms. The number of hydrogen-bond donors (Lipinski definition) is 0. The second-order valence-corrected chi connectivity index (χ2v) is 12.6. The van der Waals surface area contributed by atoms with E-state index in [1.165, 1.54) is 42.7 Å². The van der Waals surface area contributed by atoms with Crippen molar-refractivity contribution >= 4 is 11.5 Å². The van der Waals surface area contributed by atoms with Gasteiger partial charge in [0.2, 0.25) is 0 Å². The average Bonchev–Trinajstić information content (AvgIpc) is 3.23. The number of fused-ring (bicyclic) bond motifs is 5.